The van der Waals surface area contributed by atoms with Gasteiger partial charge in [0.05, 0.1) is 0 Å². The molecule has 0 aromatic carbocycles. The van der Waals surface area contributed by atoms with Gasteiger partial charge in [-0.05, 0) is 24.7 Å². The molecular formula is C11H19NO. The standard InChI is InChI=1S/C11H19NO/c1-10(13)12-8-7-11(9-12)5-3-2-4-6-11/h2-9H2,1H3. The number of rotatable bonds is 0. The van der Waals surface area contributed by atoms with Crippen molar-refractivity contribution in [2.45, 2.75) is 45.4 Å². The number of carbonyl (C=O) groups excluding carboxylic acids is 1. The summed E-state index contributed by atoms with van der Waals surface area (Å²) in [5.41, 5.74) is 0.532. The quantitative estimate of drug-likeness (QED) is 0.561. The van der Waals surface area contributed by atoms with E-state index in [0.29, 0.717) is 5.41 Å². The van der Waals surface area contributed by atoms with E-state index in [-0.39, 0.29) is 5.91 Å². The first-order chi connectivity index (χ1) is 6.22. The molecule has 2 heteroatoms. The lowest BCUT2D eigenvalue weighted by Gasteiger charge is -2.33. The first kappa shape index (κ1) is 9.04. The zero-order chi connectivity index (χ0) is 9.31. The van der Waals surface area contributed by atoms with E-state index in [2.05, 4.69) is 0 Å². The predicted molar refractivity (Wildman–Crippen MR) is 52.4 cm³/mol. The molecule has 1 aliphatic heterocycles. The van der Waals surface area contributed by atoms with Crippen LogP contribution in [0.1, 0.15) is 45.4 Å². The van der Waals surface area contributed by atoms with Crippen molar-refractivity contribution in [3.63, 3.8) is 0 Å². The van der Waals surface area contributed by atoms with Crippen LogP contribution in [0.4, 0.5) is 0 Å². The summed E-state index contributed by atoms with van der Waals surface area (Å²) in [6.07, 6.45) is 8.14. The fraction of sp³-hybridized carbons (Fsp3) is 0.909. The summed E-state index contributed by atoms with van der Waals surface area (Å²) in [6, 6.07) is 0. The Bertz CT molecular complexity index is 206. The van der Waals surface area contributed by atoms with Crippen LogP contribution in [0.15, 0.2) is 0 Å². The molecule has 0 unspecified atom stereocenters. The Morgan fingerprint density at radius 3 is 2.38 bits per heavy atom. The highest BCUT2D eigenvalue weighted by Crippen LogP contribution is 2.43. The van der Waals surface area contributed by atoms with Crippen LogP contribution in [-0.4, -0.2) is 23.9 Å². The number of hydrogen-bond donors (Lipinski definition) is 0. The van der Waals surface area contributed by atoms with Crippen molar-refractivity contribution in [3.8, 4) is 0 Å². The average molecular weight is 181 g/mol. The van der Waals surface area contributed by atoms with Crippen LogP contribution < -0.4 is 0 Å². The molecule has 1 saturated heterocycles. The summed E-state index contributed by atoms with van der Waals surface area (Å²) in [5, 5.41) is 0. The number of amides is 1. The van der Waals surface area contributed by atoms with Gasteiger partial charge in [-0.15, -0.1) is 0 Å². The summed E-state index contributed by atoms with van der Waals surface area (Å²) in [4.78, 5) is 13.2. The second-order valence-electron chi connectivity index (χ2n) is 4.75. The van der Waals surface area contributed by atoms with E-state index in [4.69, 9.17) is 0 Å². The molecule has 2 rings (SSSR count). The molecule has 0 N–H and O–H groups in total. The van der Waals surface area contributed by atoms with Crippen molar-refractivity contribution >= 4 is 5.91 Å². The van der Waals surface area contributed by atoms with Crippen LogP contribution in [0.25, 0.3) is 0 Å². The Balaban J connectivity index is 1.98. The van der Waals surface area contributed by atoms with E-state index in [1.54, 1.807) is 6.92 Å². The molecule has 2 nitrogen and oxygen atoms in total. The first-order valence-electron chi connectivity index (χ1n) is 5.47. The summed E-state index contributed by atoms with van der Waals surface area (Å²) in [6.45, 7) is 3.75. The molecule has 1 saturated carbocycles. The van der Waals surface area contributed by atoms with E-state index >= 15 is 0 Å². The molecule has 0 bridgehead atoms. The Labute approximate surface area is 80.3 Å². The van der Waals surface area contributed by atoms with Crippen LogP contribution in [-0.2, 0) is 4.79 Å². The van der Waals surface area contributed by atoms with Crippen molar-refractivity contribution in [3.05, 3.63) is 0 Å². The molecule has 2 aliphatic rings. The largest absolute Gasteiger partial charge is 0.342 e. The van der Waals surface area contributed by atoms with E-state index in [9.17, 15) is 4.79 Å². The second kappa shape index (κ2) is 3.32. The molecule has 0 atom stereocenters. The summed E-state index contributed by atoms with van der Waals surface area (Å²) < 4.78 is 0. The molecule has 13 heavy (non-hydrogen) atoms. The predicted octanol–water partition coefficient (Wildman–Crippen LogP) is 2.19. The monoisotopic (exact) mass is 181 g/mol. The fourth-order valence-corrected chi connectivity index (χ4v) is 2.91. The molecule has 1 amide bonds. The van der Waals surface area contributed by atoms with Crippen molar-refractivity contribution in [2.75, 3.05) is 13.1 Å². The van der Waals surface area contributed by atoms with Crippen LogP contribution in [0.5, 0.6) is 0 Å². The third-order valence-corrected chi connectivity index (χ3v) is 3.80. The normalized spacial score (nSPS) is 26.7. The number of hydrogen-bond acceptors (Lipinski definition) is 1. The van der Waals surface area contributed by atoms with Crippen LogP contribution in [0.2, 0.25) is 0 Å². The Kier molecular flexibility index (Phi) is 2.31. The summed E-state index contributed by atoms with van der Waals surface area (Å²) in [5.74, 6) is 0.266. The van der Waals surface area contributed by atoms with Gasteiger partial charge in [-0.25, -0.2) is 0 Å². The van der Waals surface area contributed by atoms with Gasteiger partial charge >= 0.3 is 0 Å². The van der Waals surface area contributed by atoms with Gasteiger partial charge < -0.3 is 4.90 Å². The van der Waals surface area contributed by atoms with Gasteiger partial charge in [0, 0.05) is 20.0 Å². The molecule has 1 aliphatic carbocycles. The number of likely N-dealkylation sites (tertiary alicyclic amines) is 1. The SMILES string of the molecule is CC(=O)N1CCC2(CCCCC2)C1. The second-order valence-corrected chi connectivity index (χ2v) is 4.75. The highest BCUT2D eigenvalue weighted by atomic mass is 16.2. The third kappa shape index (κ3) is 1.72. The highest BCUT2D eigenvalue weighted by Gasteiger charge is 2.39. The van der Waals surface area contributed by atoms with Gasteiger partial charge in [0.2, 0.25) is 5.91 Å². The van der Waals surface area contributed by atoms with Crippen molar-refractivity contribution in [1.82, 2.24) is 4.90 Å². The van der Waals surface area contributed by atoms with Crippen LogP contribution in [0, 0.1) is 5.41 Å². The number of carbonyl (C=O) groups is 1. The maximum atomic E-state index is 11.2. The Hall–Kier alpha value is -0.530. The third-order valence-electron chi connectivity index (χ3n) is 3.80. The molecule has 1 spiro atoms. The van der Waals surface area contributed by atoms with E-state index in [1.165, 1.54) is 38.5 Å². The van der Waals surface area contributed by atoms with Crippen LogP contribution in [0.3, 0.4) is 0 Å². The molecule has 2 fully saturated rings. The summed E-state index contributed by atoms with van der Waals surface area (Å²) in [7, 11) is 0. The lowest BCUT2D eigenvalue weighted by molar-refractivity contribution is -0.128. The zero-order valence-corrected chi connectivity index (χ0v) is 8.51. The molecule has 0 aromatic rings. The minimum absolute atomic E-state index is 0.266. The van der Waals surface area contributed by atoms with E-state index in [0.717, 1.165) is 13.1 Å². The van der Waals surface area contributed by atoms with Gasteiger partial charge in [-0.3, -0.25) is 4.79 Å². The average Bonchev–Trinajstić information content (AvgIpc) is 2.51. The lowest BCUT2D eigenvalue weighted by atomic mass is 9.73. The molecule has 0 radical (unpaired) electrons. The molecular weight excluding hydrogens is 162 g/mol. The van der Waals surface area contributed by atoms with Crippen molar-refractivity contribution in [1.29, 1.82) is 0 Å². The van der Waals surface area contributed by atoms with Crippen molar-refractivity contribution < 1.29 is 4.79 Å². The Morgan fingerprint density at radius 2 is 1.85 bits per heavy atom. The zero-order valence-electron chi connectivity index (χ0n) is 8.51. The highest BCUT2D eigenvalue weighted by molar-refractivity contribution is 5.73. The van der Waals surface area contributed by atoms with Gasteiger partial charge in [0.1, 0.15) is 0 Å². The van der Waals surface area contributed by atoms with E-state index in [1.807, 2.05) is 4.90 Å². The summed E-state index contributed by atoms with van der Waals surface area (Å²) >= 11 is 0. The molecule has 1 heterocycles. The lowest BCUT2D eigenvalue weighted by Crippen LogP contribution is -2.31. The Morgan fingerprint density at radius 1 is 1.15 bits per heavy atom. The first-order valence-corrected chi connectivity index (χ1v) is 5.47. The van der Waals surface area contributed by atoms with Crippen LogP contribution >= 0.6 is 0 Å². The van der Waals surface area contributed by atoms with Gasteiger partial charge in [0.25, 0.3) is 0 Å². The number of nitrogens with zero attached hydrogens (tertiary/aromatic N) is 1. The smallest absolute Gasteiger partial charge is 0.219 e. The minimum Gasteiger partial charge on any atom is -0.342 e. The maximum Gasteiger partial charge on any atom is 0.219 e. The van der Waals surface area contributed by atoms with Crippen molar-refractivity contribution in [2.24, 2.45) is 5.41 Å². The molecule has 74 valence electrons. The minimum atomic E-state index is 0.266. The van der Waals surface area contributed by atoms with E-state index < -0.39 is 0 Å². The topological polar surface area (TPSA) is 20.3 Å². The van der Waals surface area contributed by atoms with Gasteiger partial charge in [-0.1, -0.05) is 19.3 Å². The molecule has 0 aromatic heterocycles. The maximum absolute atomic E-state index is 11.2. The fourth-order valence-electron chi connectivity index (χ4n) is 2.91. The van der Waals surface area contributed by atoms with Gasteiger partial charge in [-0.2, -0.15) is 0 Å². The van der Waals surface area contributed by atoms with Gasteiger partial charge in [0.15, 0.2) is 0 Å².